The van der Waals surface area contributed by atoms with Crippen molar-refractivity contribution in [2.75, 3.05) is 12.3 Å². The highest BCUT2D eigenvalue weighted by Gasteiger charge is 2.52. The van der Waals surface area contributed by atoms with Crippen LogP contribution in [0.3, 0.4) is 0 Å². The van der Waals surface area contributed by atoms with Gasteiger partial charge < -0.3 is 19.9 Å². The zero-order valence-corrected chi connectivity index (χ0v) is 21.4. The summed E-state index contributed by atoms with van der Waals surface area (Å²) in [6.07, 6.45) is 0.198. The van der Waals surface area contributed by atoms with Crippen LogP contribution in [-0.4, -0.2) is 45.5 Å². The second kappa shape index (κ2) is 11.3. The number of ketones is 1. The number of hydrogen-bond donors (Lipinski definition) is 1. The summed E-state index contributed by atoms with van der Waals surface area (Å²) in [7, 11) is 0. The molecule has 0 bridgehead atoms. The van der Waals surface area contributed by atoms with Gasteiger partial charge in [-0.3, -0.25) is 9.59 Å². The minimum atomic E-state index is -1.50. The second-order valence-electron chi connectivity index (χ2n) is 9.63. The number of carbonyl (C=O) groups excluding carboxylic acids is 3. The van der Waals surface area contributed by atoms with Gasteiger partial charge in [0, 0.05) is 31.2 Å². The Morgan fingerprint density at radius 1 is 1.08 bits per heavy atom. The van der Waals surface area contributed by atoms with Gasteiger partial charge in [0.1, 0.15) is 5.75 Å². The predicted molar refractivity (Wildman–Crippen MR) is 138 cm³/mol. The summed E-state index contributed by atoms with van der Waals surface area (Å²) in [5.41, 5.74) is 7.10. The first-order valence-corrected chi connectivity index (χ1v) is 13.6. The molecule has 0 aliphatic carbocycles. The van der Waals surface area contributed by atoms with Gasteiger partial charge in [-0.1, -0.05) is 74.5 Å². The molecule has 2 aliphatic rings. The molecular formula is C28H32N2O5S. The number of rotatable bonds is 10. The van der Waals surface area contributed by atoms with Crippen LogP contribution in [-0.2, 0) is 30.3 Å². The number of Topliss-reactive ketones (excluding diaryl/α,β-unsaturated/α-hetero) is 1. The molecule has 3 unspecified atom stereocenters. The summed E-state index contributed by atoms with van der Waals surface area (Å²) in [6.45, 7) is 4.08. The number of ether oxygens (including phenoxy) is 1. The molecule has 1 amide bonds. The number of benzene rings is 2. The largest absolute Gasteiger partial charge is 0.612 e. The highest BCUT2D eigenvalue weighted by atomic mass is 32.2. The SMILES string of the molecule is CC(C)C1C(=O)CN2C(C(=O)OC(c3ccccc3)c3ccccc3)=C([S+]([O-])CCCC(N)=O)CC12. The van der Waals surface area contributed by atoms with Crippen LogP contribution >= 0.6 is 0 Å². The zero-order valence-electron chi connectivity index (χ0n) is 20.6. The smallest absolute Gasteiger partial charge is 0.360 e. The second-order valence-corrected chi connectivity index (χ2v) is 11.2. The van der Waals surface area contributed by atoms with Gasteiger partial charge in [-0.2, -0.15) is 0 Å². The fourth-order valence-electron chi connectivity index (χ4n) is 5.22. The van der Waals surface area contributed by atoms with Crippen LogP contribution in [0.15, 0.2) is 71.3 Å². The van der Waals surface area contributed by atoms with Crippen LogP contribution in [0.1, 0.15) is 50.3 Å². The van der Waals surface area contributed by atoms with Crippen molar-refractivity contribution >= 4 is 28.8 Å². The van der Waals surface area contributed by atoms with Crippen molar-refractivity contribution in [1.82, 2.24) is 4.90 Å². The van der Waals surface area contributed by atoms with E-state index in [1.807, 2.05) is 74.5 Å². The molecule has 7 nitrogen and oxygen atoms in total. The van der Waals surface area contributed by atoms with Gasteiger partial charge in [-0.05, 0) is 28.2 Å². The Morgan fingerprint density at radius 2 is 1.67 bits per heavy atom. The quantitative estimate of drug-likeness (QED) is 0.388. The predicted octanol–water partition coefficient (Wildman–Crippen LogP) is 3.47. The third-order valence-corrected chi connectivity index (χ3v) is 8.40. The number of esters is 1. The minimum absolute atomic E-state index is 0.0847. The Balaban J connectivity index is 1.67. The van der Waals surface area contributed by atoms with Gasteiger partial charge in [-0.25, -0.2) is 4.79 Å². The van der Waals surface area contributed by atoms with Gasteiger partial charge in [0.2, 0.25) is 5.91 Å². The molecule has 3 atom stereocenters. The molecule has 4 rings (SSSR count). The molecule has 8 heteroatoms. The van der Waals surface area contributed by atoms with Crippen molar-refractivity contribution in [2.45, 2.75) is 45.3 Å². The van der Waals surface area contributed by atoms with E-state index < -0.39 is 29.2 Å². The van der Waals surface area contributed by atoms with E-state index in [4.69, 9.17) is 10.5 Å². The van der Waals surface area contributed by atoms with Gasteiger partial charge in [0.15, 0.2) is 22.5 Å². The average Bonchev–Trinajstić information content (AvgIpc) is 3.37. The Bertz CT molecular complexity index is 1100. The van der Waals surface area contributed by atoms with Crippen LogP contribution < -0.4 is 5.73 Å². The first-order valence-electron chi connectivity index (χ1n) is 12.3. The first-order chi connectivity index (χ1) is 17.3. The Kier molecular flexibility index (Phi) is 8.16. The normalized spacial score (nSPS) is 20.2. The lowest BCUT2D eigenvalue weighted by molar-refractivity contribution is -0.144. The van der Waals surface area contributed by atoms with Crippen LogP contribution in [0.5, 0.6) is 0 Å². The lowest BCUT2D eigenvalue weighted by Gasteiger charge is -2.25. The van der Waals surface area contributed by atoms with E-state index in [0.29, 0.717) is 17.7 Å². The van der Waals surface area contributed by atoms with E-state index in [2.05, 4.69) is 0 Å². The molecule has 36 heavy (non-hydrogen) atoms. The Morgan fingerprint density at radius 3 is 2.19 bits per heavy atom. The lowest BCUT2D eigenvalue weighted by Crippen LogP contribution is -2.32. The van der Waals surface area contributed by atoms with E-state index in [1.165, 1.54) is 0 Å². The number of carbonyl (C=O) groups is 3. The number of nitrogens with zero attached hydrogens (tertiary/aromatic N) is 1. The number of nitrogens with two attached hydrogens (primary N) is 1. The molecule has 0 saturated carbocycles. The molecule has 1 fully saturated rings. The summed E-state index contributed by atoms with van der Waals surface area (Å²) < 4.78 is 19.4. The summed E-state index contributed by atoms with van der Waals surface area (Å²) in [5, 5.41) is 0. The van der Waals surface area contributed by atoms with Crippen molar-refractivity contribution in [1.29, 1.82) is 0 Å². The van der Waals surface area contributed by atoms with Gasteiger partial charge >= 0.3 is 5.97 Å². The highest BCUT2D eigenvalue weighted by Crippen LogP contribution is 2.44. The van der Waals surface area contributed by atoms with Gasteiger partial charge in [0.05, 0.1) is 6.54 Å². The van der Waals surface area contributed by atoms with Crippen molar-refractivity contribution in [3.63, 3.8) is 0 Å². The van der Waals surface area contributed by atoms with E-state index in [1.54, 1.807) is 4.90 Å². The third kappa shape index (κ3) is 5.50. The maximum Gasteiger partial charge on any atom is 0.360 e. The van der Waals surface area contributed by atoms with Crippen LogP contribution in [0.2, 0.25) is 0 Å². The number of hydrogen-bond acceptors (Lipinski definition) is 6. The summed E-state index contributed by atoms with van der Waals surface area (Å²) in [5.74, 6) is -0.892. The maximum absolute atomic E-state index is 13.8. The molecule has 0 radical (unpaired) electrons. The monoisotopic (exact) mass is 508 g/mol. The van der Waals surface area contributed by atoms with E-state index in [9.17, 15) is 18.9 Å². The molecule has 190 valence electrons. The fraction of sp³-hybridized carbons (Fsp3) is 0.393. The lowest BCUT2D eigenvalue weighted by atomic mass is 9.87. The Hall–Kier alpha value is -3.10. The van der Waals surface area contributed by atoms with Crippen molar-refractivity contribution in [3.8, 4) is 0 Å². The first kappa shape index (κ1) is 26.0. The summed E-state index contributed by atoms with van der Waals surface area (Å²) in [4.78, 5) is 40.1. The highest BCUT2D eigenvalue weighted by molar-refractivity contribution is 7.95. The van der Waals surface area contributed by atoms with Crippen molar-refractivity contribution in [3.05, 3.63) is 82.4 Å². The van der Waals surface area contributed by atoms with Gasteiger partial charge in [0.25, 0.3) is 0 Å². The van der Waals surface area contributed by atoms with E-state index in [0.717, 1.165) is 11.1 Å². The van der Waals surface area contributed by atoms with Crippen LogP contribution in [0, 0.1) is 11.8 Å². The van der Waals surface area contributed by atoms with E-state index >= 15 is 0 Å². The minimum Gasteiger partial charge on any atom is -0.612 e. The molecule has 2 aromatic rings. The molecule has 2 N–H and O–H groups in total. The van der Waals surface area contributed by atoms with E-state index in [-0.39, 0.29) is 48.1 Å². The molecule has 0 spiro atoms. The van der Waals surface area contributed by atoms with Crippen molar-refractivity contribution < 1.29 is 23.7 Å². The van der Waals surface area contributed by atoms with Crippen LogP contribution in [0.4, 0.5) is 0 Å². The number of fused-ring (bicyclic) bond motifs is 1. The molecular weight excluding hydrogens is 476 g/mol. The number of primary amides is 1. The van der Waals surface area contributed by atoms with Gasteiger partial charge in [-0.15, -0.1) is 0 Å². The average molecular weight is 509 g/mol. The fourth-order valence-corrected chi connectivity index (χ4v) is 6.65. The maximum atomic E-state index is 13.8. The molecule has 2 aliphatic heterocycles. The summed E-state index contributed by atoms with van der Waals surface area (Å²) in [6, 6.07) is 18.7. The molecule has 0 aromatic heterocycles. The topological polar surface area (TPSA) is 113 Å². The van der Waals surface area contributed by atoms with Crippen molar-refractivity contribution in [2.24, 2.45) is 17.6 Å². The standard InChI is InChI=1S/C28H32N2O5S/c1-18(2)25-21-16-23(36(34)15-9-14-24(29)32)26(30(21)17-22(25)31)28(33)35-27(19-10-5-3-6-11-19)20-12-7-4-8-13-20/h3-8,10-13,18,21,25,27H,9,14-17H2,1-2H3,(H2,29,32). The Labute approximate surface area is 214 Å². The molecule has 2 aromatic carbocycles. The summed E-state index contributed by atoms with van der Waals surface area (Å²) >= 11 is -1.50. The third-order valence-electron chi connectivity index (χ3n) is 6.83. The molecule has 2 heterocycles. The zero-order chi connectivity index (χ0) is 25.8. The molecule has 1 saturated heterocycles. The number of amides is 1. The van der Waals surface area contributed by atoms with Crippen LogP contribution in [0.25, 0.3) is 0 Å².